The molecule has 0 spiro atoms. The molecule has 0 bridgehead atoms. The largest absolute Gasteiger partial charge is 0.349 e. The zero-order chi connectivity index (χ0) is 14.0. The van der Waals surface area contributed by atoms with E-state index in [0.29, 0.717) is 16.3 Å². The van der Waals surface area contributed by atoms with E-state index in [1.165, 1.54) is 18.6 Å². The molecule has 2 nitrogen and oxygen atoms in total. The van der Waals surface area contributed by atoms with Crippen LogP contribution >= 0.6 is 15.9 Å². The van der Waals surface area contributed by atoms with Gasteiger partial charge in [0.2, 0.25) is 0 Å². The van der Waals surface area contributed by atoms with Crippen molar-refractivity contribution >= 4 is 21.8 Å². The minimum Gasteiger partial charge on any atom is -0.349 e. The smallest absolute Gasteiger partial charge is 0.254 e. The van der Waals surface area contributed by atoms with E-state index in [-0.39, 0.29) is 17.5 Å². The maximum atomic E-state index is 13.6. The van der Waals surface area contributed by atoms with Crippen LogP contribution in [-0.2, 0) is 0 Å². The first-order valence-corrected chi connectivity index (χ1v) is 7.51. The molecule has 1 N–H and O–H groups in total. The summed E-state index contributed by atoms with van der Waals surface area (Å²) in [5.41, 5.74) is 0.111. The van der Waals surface area contributed by atoms with Crippen LogP contribution in [0, 0.1) is 17.7 Å². The van der Waals surface area contributed by atoms with Crippen LogP contribution < -0.4 is 5.32 Å². The van der Waals surface area contributed by atoms with Crippen molar-refractivity contribution in [2.24, 2.45) is 11.8 Å². The van der Waals surface area contributed by atoms with E-state index in [4.69, 9.17) is 0 Å². The Balaban J connectivity index is 2.06. The number of hydrogen-bond donors (Lipinski definition) is 1. The second kappa shape index (κ2) is 6.04. The fourth-order valence-corrected chi connectivity index (χ4v) is 3.36. The normalized spacial score (nSPS) is 27.1. The average molecular weight is 328 g/mol. The second-order valence-corrected chi connectivity index (χ2v) is 6.63. The second-order valence-electron chi connectivity index (χ2n) is 5.71. The van der Waals surface area contributed by atoms with Gasteiger partial charge < -0.3 is 5.32 Å². The lowest BCUT2D eigenvalue weighted by Crippen LogP contribution is -2.40. The lowest BCUT2D eigenvalue weighted by Gasteiger charge is -2.32. The van der Waals surface area contributed by atoms with E-state index in [1.54, 1.807) is 6.07 Å². The number of rotatable bonds is 2. The summed E-state index contributed by atoms with van der Waals surface area (Å²) in [4.78, 5) is 12.1. The lowest BCUT2D eigenvalue weighted by atomic mass is 9.80. The highest BCUT2D eigenvalue weighted by Gasteiger charge is 2.26. The Labute approximate surface area is 121 Å². The van der Waals surface area contributed by atoms with Crippen LogP contribution in [0.2, 0.25) is 0 Å². The van der Waals surface area contributed by atoms with E-state index in [0.717, 1.165) is 12.8 Å². The minimum absolute atomic E-state index is 0.111. The van der Waals surface area contributed by atoms with Crippen molar-refractivity contribution in [1.29, 1.82) is 0 Å². The first-order chi connectivity index (χ1) is 8.95. The van der Waals surface area contributed by atoms with Crippen molar-refractivity contribution in [1.82, 2.24) is 5.32 Å². The molecular weight excluding hydrogens is 309 g/mol. The average Bonchev–Trinajstić information content (AvgIpc) is 2.30. The zero-order valence-electron chi connectivity index (χ0n) is 11.2. The lowest BCUT2D eigenvalue weighted by molar-refractivity contribution is 0.0907. The van der Waals surface area contributed by atoms with Crippen molar-refractivity contribution in [2.75, 3.05) is 0 Å². The summed E-state index contributed by atoms with van der Waals surface area (Å²) < 4.78 is 14.4. The molecule has 0 radical (unpaired) electrons. The van der Waals surface area contributed by atoms with Gasteiger partial charge in [0.05, 0.1) is 5.56 Å². The van der Waals surface area contributed by atoms with Crippen LogP contribution in [0.4, 0.5) is 4.39 Å². The Morgan fingerprint density at radius 2 is 1.89 bits per heavy atom. The molecule has 1 aromatic rings. The molecule has 19 heavy (non-hydrogen) atoms. The van der Waals surface area contributed by atoms with E-state index >= 15 is 0 Å². The van der Waals surface area contributed by atoms with Crippen LogP contribution in [-0.4, -0.2) is 11.9 Å². The molecule has 1 aromatic carbocycles. The molecule has 1 saturated carbocycles. The van der Waals surface area contributed by atoms with Gasteiger partial charge in [-0.15, -0.1) is 0 Å². The van der Waals surface area contributed by atoms with Crippen molar-refractivity contribution in [3.8, 4) is 0 Å². The predicted molar refractivity (Wildman–Crippen MR) is 77.5 cm³/mol. The molecule has 1 amide bonds. The van der Waals surface area contributed by atoms with Gasteiger partial charge in [-0.2, -0.15) is 0 Å². The topological polar surface area (TPSA) is 29.1 Å². The quantitative estimate of drug-likeness (QED) is 0.868. The summed E-state index contributed by atoms with van der Waals surface area (Å²) in [5.74, 6) is 0.436. The Morgan fingerprint density at radius 3 is 2.53 bits per heavy atom. The number of benzene rings is 1. The number of halogens is 2. The van der Waals surface area contributed by atoms with Gasteiger partial charge in [0.25, 0.3) is 5.91 Å². The molecule has 0 heterocycles. The maximum absolute atomic E-state index is 13.6. The van der Waals surface area contributed by atoms with Crippen molar-refractivity contribution in [2.45, 2.75) is 39.2 Å². The summed E-state index contributed by atoms with van der Waals surface area (Å²) in [6.07, 6.45) is 3.16. The molecule has 2 rings (SSSR count). The number of carbonyl (C=O) groups is 1. The van der Waals surface area contributed by atoms with E-state index in [9.17, 15) is 9.18 Å². The maximum Gasteiger partial charge on any atom is 0.254 e. The third-order valence-electron chi connectivity index (χ3n) is 3.69. The van der Waals surface area contributed by atoms with Gasteiger partial charge >= 0.3 is 0 Å². The molecule has 1 aliphatic carbocycles. The highest BCUT2D eigenvalue weighted by Crippen LogP contribution is 2.28. The van der Waals surface area contributed by atoms with E-state index < -0.39 is 5.82 Å². The van der Waals surface area contributed by atoms with E-state index in [1.807, 2.05) is 0 Å². The van der Waals surface area contributed by atoms with Crippen LogP contribution in [0.25, 0.3) is 0 Å². The summed E-state index contributed by atoms with van der Waals surface area (Å²) in [7, 11) is 0. The SMILES string of the molecule is CC1CC(C)CC(NC(=O)c2cc(Br)ccc2F)C1. The van der Waals surface area contributed by atoms with Gasteiger partial charge in [-0.25, -0.2) is 4.39 Å². The number of carbonyl (C=O) groups excluding carboxylic acids is 1. The number of hydrogen-bond acceptors (Lipinski definition) is 1. The highest BCUT2D eigenvalue weighted by atomic mass is 79.9. The molecule has 0 saturated heterocycles. The Hall–Kier alpha value is -0.900. The fraction of sp³-hybridized carbons (Fsp3) is 0.533. The first-order valence-electron chi connectivity index (χ1n) is 6.71. The monoisotopic (exact) mass is 327 g/mol. The third kappa shape index (κ3) is 3.78. The molecule has 0 aromatic heterocycles. The van der Waals surface area contributed by atoms with Crippen LogP contribution in [0.3, 0.4) is 0 Å². The molecule has 4 heteroatoms. The standard InChI is InChI=1S/C15H19BrFNO/c1-9-5-10(2)7-12(6-9)18-15(19)13-8-11(16)3-4-14(13)17/h3-4,8-10,12H,5-7H2,1-2H3,(H,18,19). The van der Waals surface area contributed by atoms with Gasteiger partial charge in [0.15, 0.2) is 0 Å². The summed E-state index contributed by atoms with van der Waals surface area (Å²) in [6, 6.07) is 4.59. The minimum atomic E-state index is -0.474. The van der Waals surface area contributed by atoms with Gasteiger partial charge in [0.1, 0.15) is 5.82 Å². The Morgan fingerprint density at radius 1 is 1.26 bits per heavy atom. The Bertz CT molecular complexity index is 467. The predicted octanol–water partition coefficient (Wildman–Crippen LogP) is 4.14. The van der Waals surface area contributed by atoms with E-state index in [2.05, 4.69) is 35.1 Å². The summed E-state index contributed by atoms with van der Waals surface area (Å²) in [5, 5.41) is 2.96. The molecular formula is C15H19BrFNO. The number of amides is 1. The van der Waals surface area contributed by atoms with Gasteiger partial charge in [-0.05, 0) is 49.3 Å². The first kappa shape index (κ1) is 14.5. The van der Waals surface area contributed by atoms with Crippen LogP contribution in [0.1, 0.15) is 43.5 Å². The van der Waals surface area contributed by atoms with Crippen LogP contribution in [0.15, 0.2) is 22.7 Å². The molecule has 2 atom stereocenters. The molecule has 104 valence electrons. The fourth-order valence-electron chi connectivity index (χ4n) is 3.00. The number of nitrogens with one attached hydrogen (secondary N) is 1. The van der Waals surface area contributed by atoms with Crippen molar-refractivity contribution < 1.29 is 9.18 Å². The van der Waals surface area contributed by atoms with Gasteiger partial charge in [-0.3, -0.25) is 4.79 Å². The summed E-state index contributed by atoms with van der Waals surface area (Å²) in [6.45, 7) is 4.41. The van der Waals surface area contributed by atoms with Crippen molar-refractivity contribution in [3.63, 3.8) is 0 Å². The molecule has 1 fully saturated rings. The molecule has 0 aliphatic heterocycles. The summed E-state index contributed by atoms with van der Waals surface area (Å²) >= 11 is 3.26. The van der Waals surface area contributed by atoms with Gasteiger partial charge in [0, 0.05) is 10.5 Å². The highest BCUT2D eigenvalue weighted by molar-refractivity contribution is 9.10. The Kier molecular flexibility index (Phi) is 4.61. The third-order valence-corrected chi connectivity index (χ3v) is 4.18. The molecule has 1 aliphatic rings. The van der Waals surface area contributed by atoms with Crippen LogP contribution in [0.5, 0.6) is 0 Å². The van der Waals surface area contributed by atoms with Gasteiger partial charge in [-0.1, -0.05) is 29.8 Å². The van der Waals surface area contributed by atoms with Crippen molar-refractivity contribution in [3.05, 3.63) is 34.1 Å². The zero-order valence-corrected chi connectivity index (χ0v) is 12.8. The molecule has 2 unspecified atom stereocenters.